The monoisotopic (exact) mass is 335 g/mol. The summed E-state index contributed by atoms with van der Waals surface area (Å²) in [6.07, 6.45) is 6.23. The van der Waals surface area contributed by atoms with Gasteiger partial charge in [0.15, 0.2) is 6.39 Å². The number of benzene rings is 1. The van der Waals surface area contributed by atoms with Gasteiger partial charge in [-0.3, -0.25) is 9.78 Å². The highest BCUT2D eigenvalue weighted by molar-refractivity contribution is 5.92. The van der Waals surface area contributed by atoms with Crippen LogP contribution in [0.2, 0.25) is 0 Å². The largest absolute Gasteiger partial charge is 0.438 e. The number of carbonyl (C=O) groups excluding carboxylic acids is 1. The van der Waals surface area contributed by atoms with E-state index in [2.05, 4.69) is 34.2 Å². The fourth-order valence-electron chi connectivity index (χ4n) is 3.65. The van der Waals surface area contributed by atoms with Gasteiger partial charge >= 0.3 is 0 Å². The van der Waals surface area contributed by atoms with Crippen molar-refractivity contribution in [3.63, 3.8) is 0 Å². The topological polar surface area (TPSA) is 59.2 Å². The molecule has 5 heteroatoms. The van der Waals surface area contributed by atoms with Crippen LogP contribution in [0.5, 0.6) is 0 Å². The van der Waals surface area contributed by atoms with Gasteiger partial charge in [0.25, 0.3) is 5.91 Å². The average molecular weight is 335 g/mol. The summed E-state index contributed by atoms with van der Waals surface area (Å²) in [5, 5.41) is 1.24. The average Bonchev–Trinajstić information content (AvgIpc) is 3.08. The summed E-state index contributed by atoms with van der Waals surface area (Å²) in [6.45, 7) is 3.34. The first-order chi connectivity index (χ1) is 12.2. The number of aromatic nitrogens is 2. The highest BCUT2D eigenvalue weighted by Gasteiger charge is 2.27. The minimum Gasteiger partial charge on any atom is -0.438 e. The zero-order chi connectivity index (χ0) is 17.2. The van der Waals surface area contributed by atoms with E-state index < -0.39 is 0 Å². The molecule has 5 nitrogen and oxygen atoms in total. The Labute approximate surface area is 146 Å². The smallest absolute Gasteiger partial charge is 0.291 e. The summed E-state index contributed by atoms with van der Waals surface area (Å²) in [7, 11) is 0. The molecule has 0 unspecified atom stereocenters. The van der Waals surface area contributed by atoms with Crippen LogP contribution < -0.4 is 0 Å². The van der Waals surface area contributed by atoms with Crippen molar-refractivity contribution >= 4 is 16.8 Å². The number of carbonyl (C=O) groups is 1. The van der Waals surface area contributed by atoms with E-state index in [0.717, 1.165) is 37.9 Å². The number of aryl methyl sites for hydroxylation is 1. The Bertz CT molecular complexity index is 889. The van der Waals surface area contributed by atoms with Crippen molar-refractivity contribution in [2.75, 3.05) is 13.1 Å². The Kier molecular flexibility index (Phi) is 4.22. The predicted octanol–water partition coefficient (Wildman–Crippen LogP) is 3.63. The molecule has 1 amide bonds. The number of fused-ring (bicyclic) bond motifs is 1. The Balaban J connectivity index is 1.42. The molecule has 128 valence electrons. The maximum absolute atomic E-state index is 12.5. The molecule has 4 rings (SSSR count). The molecule has 0 spiro atoms. The third kappa shape index (κ3) is 3.14. The van der Waals surface area contributed by atoms with Crippen LogP contribution in [-0.4, -0.2) is 33.9 Å². The van der Waals surface area contributed by atoms with Crippen molar-refractivity contribution in [3.8, 4) is 0 Å². The first kappa shape index (κ1) is 15.8. The van der Waals surface area contributed by atoms with Gasteiger partial charge in [-0.25, -0.2) is 4.98 Å². The Morgan fingerprint density at radius 1 is 1.20 bits per heavy atom. The molecular formula is C20H21N3O2. The zero-order valence-electron chi connectivity index (χ0n) is 14.3. The molecule has 2 aromatic heterocycles. The Hall–Kier alpha value is -2.69. The molecule has 25 heavy (non-hydrogen) atoms. The Morgan fingerprint density at radius 3 is 2.80 bits per heavy atom. The van der Waals surface area contributed by atoms with E-state index >= 15 is 0 Å². The lowest BCUT2D eigenvalue weighted by molar-refractivity contribution is 0.0657. The number of hydrogen-bond donors (Lipinski definition) is 0. The molecule has 1 aliphatic rings. The fourth-order valence-corrected chi connectivity index (χ4v) is 3.65. The molecule has 1 fully saturated rings. The van der Waals surface area contributed by atoms with Crippen LogP contribution in [0, 0.1) is 12.8 Å². The van der Waals surface area contributed by atoms with Gasteiger partial charge in [-0.15, -0.1) is 0 Å². The fraction of sp³-hybridized carbons (Fsp3) is 0.350. The van der Waals surface area contributed by atoms with Crippen LogP contribution in [0.1, 0.15) is 34.7 Å². The quantitative estimate of drug-likeness (QED) is 0.733. The van der Waals surface area contributed by atoms with Crippen molar-refractivity contribution in [1.29, 1.82) is 0 Å². The lowest BCUT2D eigenvalue weighted by Crippen LogP contribution is -2.39. The lowest BCUT2D eigenvalue weighted by atomic mass is 9.88. The minimum atomic E-state index is -0.0391. The van der Waals surface area contributed by atoms with Gasteiger partial charge in [0, 0.05) is 24.7 Å². The highest BCUT2D eigenvalue weighted by atomic mass is 16.3. The van der Waals surface area contributed by atoms with E-state index in [9.17, 15) is 4.79 Å². The van der Waals surface area contributed by atoms with Gasteiger partial charge < -0.3 is 9.32 Å². The molecule has 0 aliphatic carbocycles. The molecule has 3 aromatic rings. The van der Waals surface area contributed by atoms with Crippen LogP contribution in [0.3, 0.4) is 0 Å². The number of oxazole rings is 1. The van der Waals surface area contributed by atoms with E-state index in [-0.39, 0.29) is 5.91 Å². The van der Waals surface area contributed by atoms with Crippen LogP contribution in [0.25, 0.3) is 10.9 Å². The predicted molar refractivity (Wildman–Crippen MR) is 95.3 cm³/mol. The van der Waals surface area contributed by atoms with E-state index in [1.54, 1.807) is 6.92 Å². The molecule has 1 aliphatic heterocycles. The van der Waals surface area contributed by atoms with Gasteiger partial charge in [-0.2, -0.15) is 0 Å². The zero-order valence-corrected chi connectivity index (χ0v) is 14.3. The second-order valence-electron chi connectivity index (χ2n) is 6.69. The molecule has 1 saturated heterocycles. The maximum Gasteiger partial charge on any atom is 0.291 e. The third-order valence-corrected chi connectivity index (χ3v) is 5.09. The van der Waals surface area contributed by atoms with Crippen molar-refractivity contribution in [2.24, 2.45) is 5.92 Å². The number of hydrogen-bond acceptors (Lipinski definition) is 4. The van der Waals surface area contributed by atoms with Gasteiger partial charge in [0.1, 0.15) is 0 Å². The van der Waals surface area contributed by atoms with Crippen molar-refractivity contribution in [1.82, 2.24) is 14.9 Å². The number of amides is 1. The number of piperidine rings is 1. The second kappa shape index (κ2) is 6.67. The summed E-state index contributed by atoms with van der Waals surface area (Å²) < 4.78 is 5.24. The van der Waals surface area contributed by atoms with E-state index in [1.807, 2.05) is 17.2 Å². The Morgan fingerprint density at radius 2 is 2.04 bits per heavy atom. The number of pyridine rings is 1. The van der Waals surface area contributed by atoms with Gasteiger partial charge in [0.05, 0.1) is 11.2 Å². The van der Waals surface area contributed by atoms with Crippen LogP contribution >= 0.6 is 0 Å². The summed E-state index contributed by atoms with van der Waals surface area (Å²) in [5.74, 6) is 0.923. The van der Waals surface area contributed by atoms with Crippen LogP contribution in [0.4, 0.5) is 0 Å². The first-order valence-electron chi connectivity index (χ1n) is 8.74. The second-order valence-corrected chi connectivity index (χ2v) is 6.69. The van der Waals surface area contributed by atoms with Crippen LogP contribution in [-0.2, 0) is 6.42 Å². The molecule has 1 aromatic carbocycles. The standard InChI is InChI=1S/C20H21N3O2/c1-14-19(25-13-22-14)20(24)23-10-7-15(8-11-23)12-16-4-2-6-18-17(16)5-3-9-21-18/h2-6,9,13,15H,7-8,10-12H2,1H3. The summed E-state index contributed by atoms with van der Waals surface area (Å²) in [4.78, 5) is 22.8. The van der Waals surface area contributed by atoms with Crippen molar-refractivity contribution in [3.05, 3.63) is 59.9 Å². The molecule has 0 saturated carbocycles. The van der Waals surface area contributed by atoms with Gasteiger partial charge in [-0.05, 0) is 49.8 Å². The summed E-state index contributed by atoms with van der Waals surface area (Å²) in [6, 6.07) is 10.5. The molecule has 0 N–H and O–H groups in total. The van der Waals surface area contributed by atoms with Crippen LogP contribution in [0.15, 0.2) is 47.3 Å². The normalized spacial score (nSPS) is 15.6. The number of likely N-dealkylation sites (tertiary alicyclic amines) is 1. The van der Waals surface area contributed by atoms with E-state index in [4.69, 9.17) is 4.42 Å². The van der Waals surface area contributed by atoms with Crippen molar-refractivity contribution < 1.29 is 9.21 Å². The van der Waals surface area contributed by atoms with E-state index in [0.29, 0.717) is 17.4 Å². The molecule has 0 bridgehead atoms. The molecule has 0 radical (unpaired) electrons. The maximum atomic E-state index is 12.5. The van der Waals surface area contributed by atoms with Crippen molar-refractivity contribution in [2.45, 2.75) is 26.2 Å². The van der Waals surface area contributed by atoms with Gasteiger partial charge in [-0.1, -0.05) is 18.2 Å². The summed E-state index contributed by atoms with van der Waals surface area (Å²) in [5.41, 5.74) is 3.06. The highest BCUT2D eigenvalue weighted by Crippen LogP contribution is 2.26. The van der Waals surface area contributed by atoms with E-state index in [1.165, 1.54) is 17.3 Å². The third-order valence-electron chi connectivity index (χ3n) is 5.09. The first-order valence-corrected chi connectivity index (χ1v) is 8.74. The van der Waals surface area contributed by atoms with Gasteiger partial charge in [0.2, 0.25) is 5.76 Å². The minimum absolute atomic E-state index is 0.0391. The molecule has 0 atom stereocenters. The number of rotatable bonds is 3. The summed E-state index contributed by atoms with van der Waals surface area (Å²) >= 11 is 0. The lowest BCUT2D eigenvalue weighted by Gasteiger charge is -2.31. The molecular weight excluding hydrogens is 314 g/mol. The number of nitrogens with zero attached hydrogens (tertiary/aromatic N) is 3. The molecule has 3 heterocycles. The SMILES string of the molecule is Cc1ncoc1C(=O)N1CCC(Cc2cccc3ncccc23)CC1.